The Hall–Kier alpha value is -0.710. The van der Waals surface area contributed by atoms with Gasteiger partial charge < -0.3 is 9.84 Å². The molecule has 96 valence electrons. The molecule has 5 heteroatoms. The Labute approximate surface area is 104 Å². The normalized spacial score (nSPS) is 12.8. The standard InChI is InChI=1S/C12H15ClF2O2/c1-2-17-7-3-4-10(16)11-8(13)5-6-9(14)12(11)15/h5-6,10,16H,2-4,7H2,1H3. The fourth-order valence-corrected chi connectivity index (χ4v) is 1.79. The highest BCUT2D eigenvalue weighted by atomic mass is 35.5. The van der Waals surface area contributed by atoms with Crippen LogP contribution in [0.15, 0.2) is 12.1 Å². The van der Waals surface area contributed by atoms with Crippen molar-refractivity contribution in [2.24, 2.45) is 0 Å². The number of rotatable bonds is 6. The first-order chi connectivity index (χ1) is 8.07. The molecule has 0 aliphatic heterocycles. The zero-order valence-electron chi connectivity index (χ0n) is 9.55. The number of hydrogen-bond acceptors (Lipinski definition) is 2. The second-order valence-corrected chi connectivity index (χ2v) is 4.02. The summed E-state index contributed by atoms with van der Waals surface area (Å²) in [7, 11) is 0. The van der Waals surface area contributed by atoms with E-state index in [4.69, 9.17) is 16.3 Å². The summed E-state index contributed by atoms with van der Waals surface area (Å²) in [5.74, 6) is -2.09. The number of aliphatic hydroxyl groups excluding tert-OH is 1. The minimum Gasteiger partial charge on any atom is -0.388 e. The Morgan fingerprint density at radius 3 is 2.76 bits per heavy atom. The third kappa shape index (κ3) is 3.91. The molecule has 1 aromatic carbocycles. The largest absolute Gasteiger partial charge is 0.388 e. The lowest BCUT2D eigenvalue weighted by Gasteiger charge is -2.13. The summed E-state index contributed by atoms with van der Waals surface area (Å²) in [5, 5.41) is 9.79. The van der Waals surface area contributed by atoms with E-state index in [1.165, 1.54) is 6.07 Å². The molecule has 0 saturated carbocycles. The van der Waals surface area contributed by atoms with Gasteiger partial charge in [0.2, 0.25) is 0 Å². The minimum atomic E-state index is -1.11. The number of aliphatic hydroxyl groups is 1. The summed E-state index contributed by atoms with van der Waals surface area (Å²) in [5.41, 5.74) is -0.178. The van der Waals surface area contributed by atoms with Crippen LogP contribution in [0.5, 0.6) is 0 Å². The lowest BCUT2D eigenvalue weighted by molar-refractivity contribution is 0.113. The zero-order chi connectivity index (χ0) is 12.8. The smallest absolute Gasteiger partial charge is 0.166 e. The summed E-state index contributed by atoms with van der Waals surface area (Å²) in [6, 6.07) is 2.18. The van der Waals surface area contributed by atoms with E-state index in [1.54, 1.807) is 0 Å². The van der Waals surface area contributed by atoms with Crippen LogP contribution in [0, 0.1) is 11.6 Å². The molecular weight excluding hydrogens is 250 g/mol. The molecule has 0 aromatic heterocycles. The Balaban J connectivity index is 2.68. The SMILES string of the molecule is CCOCCCC(O)c1c(Cl)ccc(F)c1F. The maximum atomic E-state index is 13.4. The van der Waals surface area contributed by atoms with Crippen LogP contribution in [0.4, 0.5) is 8.78 Å². The van der Waals surface area contributed by atoms with E-state index in [-0.39, 0.29) is 17.0 Å². The molecule has 1 rings (SSSR count). The molecule has 1 N–H and O–H groups in total. The second kappa shape index (κ2) is 6.89. The fraction of sp³-hybridized carbons (Fsp3) is 0.500. The van der Waals surface area contributed by atoms with Gasteiger partial charge in [0.25, 0.3) is 0 Å². The van der Waals surface area contributed by atoms with Crippen LogP contribution in [0.3, 0.4) is 0 Å². The van der Waals surface area contributed by atoms with Crippen molar-refractivity contribution in [3.05, 3.63) is 34.4 Å². The van der Waals surface area contributed by atoms with Crippen LogP contribution in [0.25, 0.3) is 0 Å². The predicted molar refractivity (Wildman–Crippen MR) is 62.1 cm³/mol. The van der Waals surface area contributed by atoms with Gasteiger partial charge in [0.1, 0.15) is 0 Å². The average Bonchev–Trinajstić information content (AvgIpc) is 2.30. The lowest BCUT2D eigenvalue weighted by Crippen LogP contribution is -2.05. The van der Waals surface area contributed by atoms with E-state index in [2.05, 4.69) is 0 Å². The summed E-state index contributed by atoms with van der Waals surface area (Å²) in [6.07, 6.45) is -0.278. The highest BCUT2D eigenvalue weighted by molar-refractivity contribution is 6.31. The fourth-order valence-electron chi connectivity index (χ4n) is 1.52. The van der Waals surface area contributed by atoms with Gasteiger partial charge in [-0.05, 0) is 31.9 Å². The third-order valence-corrected chi connectivity index (χ3v) is 2.71. The molecular formula is C12H15ClF2O2. The van der Waals surface area contributed by atoms with E-state index in [9.17, 15) is 13.9 Å². The second-order valence-electron chi connectivity index (χ2n) is 3.61. The number of halogens is 3. The van der Waals surface area contributed by atoms with Gasteiger partial charge >= 0.3 is 0 Å². The van der Waals surface area contributed by atoms with Crippen LogP contribution >= 0.6 is 11.6 Å². The molecule has 0 amide bonds. The topological polar surface area (TPSA) is 29.5 Å². The Bertz CT molecular complexity index is 372. The monoisotopic (exact) mass is 264 g/mol. The molecule has 0 aliphatic carbocycles. The van der Waals surface area contributed by atoms with Crippen molar-refractivity contribution in [1.29, 1.82) is 0 Å². The molecule has 0 heterocycles. The van der Waals surface area contributed by atoms with Crippen molar-refractivity contribution in [1.82, 2.24) is 0 Å². The number of hydrogen-bond donors (Lipinski definition) is 1. The molecule has 0 saturated heterocycles. The van der Waals surface area contributed by atoms with E-state index in [0.29, 0.717) is 19.6 Å². The van der Waals surface area contributed by atoms with Crippen LogP contribution in [0.2, 0.25) is 5.02 Å². The van der Waals surface area contributed by atoms with Crippen LogP contribution < -0.4 is 0 Å². The van der Waals surface area contributed by atoms with Crippen molar-refractivity contribution in [3.63, 3.8) is 0 Å². The van der Waals surface area contributed by atoms with E-state index >= 15 is 0 Å². The molecule has 0 radical (unpaired) electrons. The van der Waals surface area contributed by atoms with Gasteiger partial charge in [-0.15, -0.1) is 0 Å². The molecule has 1 atom stereocenters. The first-order valence-corrected chi connectivity index (χ1v) is 5.85. The predicted octanol–water partition coefficient (Wildman–Crippen LogP) is 3.47. The van der Waals surface area contributed by atoms with E-state index < -0.39 is 17.7 Å². The maximum Gasteiger partial charge on any atom is 0.166 e. The molecule has 1 unspecified atom stereocenters. The summed E-state index contributed by atoms with van der Waals surface area (Å²) < 4.78 is 31.5. The Kier molecular flexibility index (Phi) is 5.82. The molecule has 2 nitrogen and oxygen atoms in total. The van der Waals surface area contributed by atoms with Gasteiger partial charge in [-0.3, -0.25) is 0 Å². The molecule has 0 aliphatic rings. The van der Waals surface area contributed by atoms with Crippen molar-refractivity contribution in [2.45, 2.75) is 25.9 Å². The highest BCUT2D eigenvalue weighted by Crippen LogP contribution is 2.30. The molecule has 0 spiro atoms. The molecule has 1 aromatic rings. The van der Waals surface area contributed by atoms with Gasteiger partial charge in [0, 0.05) is 23.8 Å². The maximum absolute atomic E-state index is 13.4. The zero-order valence-corrected chi connectivity index (χ0v) is 10.3. The van der Waals surface area contributed by atoms with Crippen molar-refractivity contribution in [2.75, 3.05) is 13.2 Å². The summed E-state index contributed by atoms with van der Waals surface area (Å²) in [6.45, 7) is 2.92. The summed E-state index contributed by atoms with van der Waals surface area (Å²) in [4.78, 5) is 0. The quantitative estimate of drug-likeness (QED) is 0.630. The van der Waals surface area contributed by atoms with Crippen molar-refractivity contribution >= 4 is 11.6 Å². The Morgan fingerprint density at radius 2 is 2.12 bits per heavy atom. The van der Waals surface area contributed by atoms with Gasteiger partial charge in [-0.1, -0.05) is 11.6 Å². The van der Waals surface area contributed by atoms with Gasteiger partial charge in [0.15, 0.2) is 11.6 Å². The van der Waals surface area contributed by atoms with Crippen LogP contribution in [-0.4, -0.2) is 18.3 Å². The van der Waals surface area contributed by atoms with Crippen molar-refractivity contribution in [3.8, 4) is 0 Å². The van der Waals surface area contributed by atoms with Crippen LogP contribution in [-0.2, 0) is 4.74 Å². The average molecular weight is 265 g/mol. The lowest BCUT2D eigenvalue weighted by atomic mass is 10.0. The highest BCUT2D eigenvalue weighted by Gasteiger charge is 2.19. The minimum absolute atomic E-state index is 0.0350. The Morgan fingerprint density at radius 1 is 1.41 bits per heavy atom. The van der Waals surface area contributed by atoms with Gasteiger partial charge in [-0.25, -0.2) is 8.78 Å². The first-order valence-electron chi connectivity index (χ1n) is 5.47. The van der Waals surface area contributed by atoms with E-state index in [0.717, 1.165) is 6.07 Å². The van der Waals surface area contributed by atoms with Gasteiger partial charge in [-0.2, -0.15) is 0 Å². The molecule has 0 bridgehead atoms. The third-order valence-electron chi connectivity index (χ3n) is 2.38. The molecule has 17 heavy (non-hydrogen) atoms. The first kappa shape index (κ1) is 14.4. The summed E-state index contributed by atoms with van der Waals surface area (Å²) >= 11 is 5.74. The van der Waals surface area contributed by atoms with Crippen molar-refractivity contribution < 1.29 is 18.6 Å². The number of benzene rings is 1. The molecule has 0 fully saturated rings. The van der Waals surface area contributed by atoms with Gasteiger partial charge in [0.05, 0.1) is 6.10 Å². The van der Waals surface area contributed by atoms with E-state index in [1.807, 2.05) is 6.92 Å². The number of ether oxygens (including phenoxy) is 1. The van der Waals surface area contributed by atoms with Crippen LogP contribution in [0.1, 0.15) is 31.4 Å².